The maximum absolute atomic E-state index is 13.6. The number of rotatable bonds is 7. The first-order valence-corrected chi connectivity index (χ1v) is 9.97. The first-order chi connectivity index (χ1) is 13.5. The summed E-state index contributed by atoms with van der Waals surface area (Å²) in [7, 11) is 0. The van der Waals surface area contributed by atoms with Gasteiger partial charge < -0.3 is 14.5 Å². The van der Waals surface area contributed by atoms with Crippen molar-refractivity contribution in [3.63, 3.8) is 0 Å². The number of thioether (sulfide) groups is 1. The topological polar surface area (TPSA) is 106 Å². The quantitative estimate of drug-likeness (QED) is 0.678. The van der Waals surface area contributed by atoms with Crippen molar-refractivity contribution in [3.8, 4) is 5.75 Å². The number of halogens is 1. The molecule has 1 aliphatic rings. The van der Waals surface area contributed by atoms with E-state index in [0.717, 1.165) is 37.4 Å². The Kier molecular flexibility index (Phi) is 6.85. The SMILES string of the molecule is C[C@@H](Oc1ccccc1F)c1nnc(SCC(=O)NC(=O)NC2CCCC2)o1. The van der Waals surface area contributed by atoms with Gasteiger partial charge in [0.2, 0.25) is 5.91 Å². The average Bonchev–Trinajstić information content (AvgIpc) is 3.33. The summed E-state index contributed by atoms with van der Waals surface area (Å²) in [4.78, 5) is 23.6. The summed E-state index contributed by atoms with van der Waals surface area (Å²) >= 11 is 0.999. The summed E-state index contributed by atoms with van der Waals surface area (Å²) in [5, 5.41) is 12.9. The molecule has 8 nitrogen and oxygen atoms in total. The zero-order valence-electron chi connectivity index (χ0n) is 15.3. The van der Waals surface area contributed by atoms with Crippen LogP contribution in [-0.4, -0.2) is 33.9 Å². The summed E-state index contributed by atoms with van der Waals surface area (Å²) in [6.45, 7) is 1.65. The number of nitrogens with one attached hydrogen (secondary N) is 2. The minimum absolute atomic E-state index is 0.0533. The highest BCUT2D eigenvalue weighted by molar-refractivity contribution is 7.99. The molecule has 0 aliphatic heterocycles. The van der Waals surface area contributed by atoms with Gasteiger partial charge in [-0.05, 0) is 31.9 Å². The van der Waals surface area contributed by atoms with Gasteiger partial charge in [-0.2, -0.15) is 0 Å². The van der Waals surface area contributed by atoms with Crippen molar-refractivity contribution >= 4 is 23.7 Å². The first kappa shape index (κ1) is 20.1. The van der Waals surface area contributed by atoms with Crippen molar-refractivity contribution in [2.45, 2.75) is 50.0 Å². The molecule has 10 heteroatoms. The normalized spacial score (nSPS) is 15.2. The summed E-state index contributed by atoms with van der Waals surface area (Å²) < 4.78 is 24.5. The standard InChI is InChI=1S/C18H21FN4O4S/c1-11(26-14-9-5-4-8-13(14)19)16-22-23-18(27-16)28-10-15(24)21-17(25)20-12-6-2-3-7-12/h4-5,8-9,11-12H,2-3,6-7,10H2,1H3,(H2,20,21,24,25)/t11-/m1/s1. The molecule has 3 rings (SSSR count). The lowest BCUT2D eigenvalue weighted by Gasteiger charge is -2.11. The number of benzene rings is 1. The molecular formula is C18H21FN4O4S. The van der Waals surface area contributed by atoms with Crippen molar-refractivity contribution < 1.29 is 23.1 Å². The Balaban J connectivity index is 1.44. The van der Waals surface area contributed by atoms with Crippen LogP contribution in [-0.2, 0) is 4.79 Å². The number of imide groups is 1. The monoisotopic (exact) mass is 408 g/mol. The molecule has 0 radical (unpaired) electrons. The number of carbonyl (C=O) groups excluding carboxylic acids is 2. The maximum atomic E-state index is 13.6. The highest BCUT2D eigenvalue weighted by atomic mass is 32.2. The van der Waals surface area contributed by atoms with E-state index < -0.39 is 23.9 Å². The Morgan fingerprint density at radius 1 is 1.32 bits per heavy atom. The maximum Gasteiger partial charge on any atom is 0.321 e. The van der Waals surface area contributed by atoms with Crippen LogP contribution in [0.4, 0.5) is 9.18 Å². The predicted octanol–water partition coefficient (Wildman–Crippen LogP) is 3.21. The molecule has 0 spiro atoms. The molecule has 3 amide bonds. The largest absolute Gasteiger partial charge is 0.478 e. The fourth-order valence-corrected chi connectivity index (χ4v) is 3.38. The number of para-hydroxylation sites is 1. The van der Waals surface area contributed by atoms with Gasteiger partial charge in [0.1, 0.15) is 0 Å². The van der Waals surface area contributed by atoms with Crippen LogP contribution in [0.2, 0.25) is 0 Å². The van der Waals surface area contributed by atoms with Crippen LogP contribution in [0.15, 0.2) is 33.9 Å². The lowest BCUT2D eigenvalue weighted by Crippen LogP contribution is -2.44. The van der Waals surface area contributed by atoms with Crippen molar-refractivity contribution in [2.24, 2.45) is 0 Å². The van der Waals surface area contributed by atoms with E-state index in [4.69, 9.17) is 9.15 Å². The van der Waals surface area contributed by atoms with Gasteiger partial charge in [0, 0.05) is 6.04 Å². The van der Waals surface area contributed by atoms with Gasteiger partial charge in [0.05, 0.1) is 5.75 Å². The predicted molar refractivity (Wildman–Crippen MR) is 99.4 cm³/mol. The molecule has 1 saturated carbocycles. The van der Waals surface area contributed by atoms with Crippen molar-refractivity contribution in [1.82, 2.24) is 20.8 Å². The first-order valence-electron chi connectivity index (χ1n) is 8.99. The molecule has 0 unspecified atom stereocenters. The molecule has 2 N–H and O–H groups in total. The van der Waals surface area contributed by atoms with Gasteiger partial charge in [0.25, 0.3) is 11.1 Å². The van der Waals surface area contributed by atoms with Crippen LogP contribution in [0.5, 0.6) is 5.75 Å². The van der Waals surface area contributed by atoms with E-state index in [-0.39, 0.29) is 28.7 Å². The highest BCUT2D eigenvalue weighted by Crippen LogP contribution is 2.25. The van der Waals surface area contributed by atoms with E-state index >= 15 is 0 Å². The average molecular weight is 408 g/mol. The number of nitrogens with zero attached hydrogens (tertiary/aromatic N) is 2. The van der Waals surface area contributed by atoms with Gasteiger partial charge in [-0.25, -0.2) is 9.18 Å². The Morgan fingerprint density at radius 2 is 2.07 bits per heavy atom. The number of urea groups is 1. The second-order valence-electron chi connectivity index (χ2n) is 6.39. The van der Waals surface area contributed by atoms with Gasteiger partial charge in [-0.3, -0.25) is 10.1 Å². The van der Waals surface area contributed by atoms with Crippen LogP contribution >= 0.6 is 11.8 Å². The second-order valence-corrected chi connectivity index (χ2v) is 7.31. The fourth-order valence-electron chi connectivity index (χ4n) is 2.81. The number of hydrogen-bond donors (Lipinski definition) is 2. The van der Waals surface area contributed by atoms with Gasteiger partial charge in [0.15, 0.2) is 17.7 Å². The lowest BCUT2D eigenvalue weighted by atomic mass is 10.2. The lowest BCUT2D eigenvalue weighted by molar-refractivity contribution is -0.117. The van der Waals surface area contributed by atoms with Gasteiger partial charge in [-0.15, -0.1) is 10.2 Å². The molecule has 1 aromatic carbocycles. The molecule has 1 aromatic heterocycles. The number of amides is 3. The van der Waals surface area contributed by atoms with Crippen LogP contribution < -0.4 is 15.4 Å². The van der Waals surface area contributed by atoms with E-state index in [1.165, 1.54) is 12.1 Å². The van der Waals surface area contributed by atoms with Crippen molar-refractivity contribution in [1.29, 1.82) is 0 Å². The molecular weight excluding hydrogens is 387 g/mol. The smallest absolute Gasteiger partial charge is 0.321 e. The van der Waals surface area contributed by atoms with E-state index in [1.54, 1.807) is 19.1 Å². The van der Waals surface area contributed by atoms with Gasteiger partial charge >= 0.3 is 6.03 Å². The third-order valence-electron chi connectivity index (χ3n) is 4.18. The molecule has 2 aromatic rings. The van der Waals surface area contributed by atoms with Crippen molar-refractivity contribution in [3.05, 3.63) is 36.0 Å². The fraction of sp³-hybridized carbons (Fsp3) is 0.444. The van der Waals surface area contributed by atoms with Crippen LogP contribution in [0.25, 0.3) is 0 Å². The number of carbonyl (C=O) groups is 2. The summed E-state index contributed by atoms with van der Waals surface area (Å²) in [5.41, 5.74) is 0. The molecule has 0 bridgehead atoms. The zero-order valence-corrected chi connectivity index (χ0v) is 16.1. The Labute approximate surface area is 165 Å². The molecule has 1 atom stereocenters. The van der Waals surface area contributed by atoms with Gasteiger partial charge in [-0.1, -0.05) is 36.7 Å². The minimum atomic E-state index is -0.662. The van der Waals surface area contributed by atoms with Crippen LogP contribution in [0.1, 0.15) is 44.6 Å². The van der Waals surface area contributed by atoms with E-state index in [1.807, 2.05) is 0 Å². The third kappa shape index (κ3) is 5.69. The van der Waals surface area contributed by atoms with E-state index in [2.05, 4.69) is 20.8 Å². The number of ether oxygens (including phenoxy) is 1. The molecule has 150 valence electrons. The van der Waals surface area contributed by atoms with Crippen LogP contribution in [0.3, 0.4) is 0 Å². The molecule has 1 heterocycles. The summed E-state index contributed by atoms with van der Waals surface area (Å²) in [6.07, 6.45) is 3.40. The number of aromatic nitrogens is 2. The number of hydrogen-bond acceptors (Lipinski definition) is 7. The minimum Gasteiger partial charge on any atom is -0.478 e. The summed E-state index contributed by atoms with van der Waals surface area (Å²) in [5.74, 6) is -0.769. The zero-order chi connectivity index (χ0) is 19.9. The Bertz CT molecular complexity index is 825. The molecule has 1 fully saturated rings. The molecule has 1 aliphatic carbocycles. The van der Waals surface area contributed by atoms with Crippen LogP contribution in [0, 0.1) is 5.82 Å². The Hall–Kier alpha value is -2.62. The highest BCUT2D eigenvalue weighted by Gasteiger charge is 2.20. The summed E-state index contributed by atoms with van der Waals surface area (Å²) in [6, 6.07) is 5.65. The second kappa shape index (κ2) is 9.54. The molecule has 0 saturated heterocycles. The van der Waals surface area contributed by atoms with E-state index in [9.17, 15) is 14.0 Å². The van der Waals surface area contributed by atoms with Crippen molar-refractivity contribution in [2.75, 3.05) is 5.75 Å². The van der Waals surface area contributed by atoms with E-state index in [0.29, 0.717) is 0 Å². The molecule has 28 heavy (non-hydrogen) atoms. The third-order valence-corrected chi connectivity index (χ3v) is 5.00. The Morgan fingerprint density at radius 3 is 2.82 bits per heavy atom.